The molecular formula is C31H39N5O2. The van der Waals surface area contributed by atoms with Crippen molar-refractivity contribution in [2.75, 3.05) is 52.6 Å². The summed E-state index contributed by atoms with van der Waals surface area (Å²) in [5.41, 5.74) is 6.52. The van der Waals surface area contributed by atoms with Crippen molar-refractivity contribution in [1.82, 2.24) is 14.4 Å². The predicted octanol–water partition coefficient (Wildman–Crippen LogP) is 4.44. The number of hydrogen-bond acceptors (Lipinski definition) is 5. The van der Waals surface area contributed by atoms with Crippen molar-refractivity contribution in [3.05, 3.63) is 93.5 Å². The number of likely N-dealkylation sites (tertiary alicyclic amines) is 1. The molecule has 1 fully saturated rings. The Kier molecular flexibility index (Phi) is 8.79. The predicted molar refractivity (Wildman–Crippen MR) is 157 cm³/mol. The first-order valence-corrected chi connectivity index (χ1v) is 13.3. The molecule has 3 heterocycles. The van der Waals surface area contributed by atoms with E-state index in [9.17, 15) is 9.59 Å². The number of aliphatic imine (C=N–C) groups is 1. The summed E-state index contributed by atoms with van der Waals surface area (Å²) in [7, 11) is 5.27. The lowest BCUT2D eigenvalue weighted by molar-refractivity contribution is 0.0827. The minimum atomic E-state index is -0.00311. The highest BCUT2D eigenvalue weighted by atomic mass is 16.2. The van der Waals surface area contributed by atoms with Crippen molar-refractivity contribution in [1.29, 1.82) is 0 Å². The van der Waals surface area contributed by atoms with E-state index in [1.807, 2.05) is 30.5 Å². The number of allylic oxidation sites excluding steroid dienone is 4. The Labute approximate surface area is 225 Å². The Morgan fingerprint density at radius 3 is 2.55 bits per heavy atom. The van der Waals surface area contributed by atoms with Crippen LogP contribution < -0.4 is 10.9 Å². The van der Waals surface area contributed by atoms with Gasteiger partial charge in [-0.25, -0.2) is 0 Å². The van der Waals surface area contributed by atoms with E-state index in [-0.39, 0.29) is 11.5 Å². The van der Waals surface area contributed by atoms with Crippen molar-refractivity contribution in [2.24, 2.45) is 4.99 Å². The zero-order valence-electron chi connectivity index (χ0n) is 23.0. The largest absolute Gasteiger partial charge is 0.384 e. The number of amides is 1. The lowest BCUT2D eigenvalue weighted by atomic mass is 9.88. The molecule has 38 heavy (non-hydrogen) atoms. The molecule has 2 aliphatic rings. The number of aromatic nitrogens is 1. The molecule has 4 rings (SSSR count). The maximum Gasteiger partial charge on any atom is 0.260 e. The number of carbonyl (C=O) groups is 1. The summed E-state index contributed by atoms with van der Waals surface area (Å²) in [4.78, 5) is 33.5. The van der Waals surface area contributed by atoms with Crippen LogP contribution in [0, 0.1) is 0 Å². The van der Waals surface area contributed by atoms with Gasteiger partial charge in [0.1, 0.15) is 0 Å². The number of carbonyl (C=O) groups excluding carboxylic acids is 1. The number of rotatable bonds is 8. The van der Waals surface area contributed by atoms with Crippen LogP contribution in [0.5, 0.6) is 0 Å². The number of hydrogen-bond donors (Lipinski definition) is 1. The molecule has 0 spiro atoms. The third-order valence-electron chi connectivity index (χ3n) is 7.37. The molecule has 0 aliphatic carbocycles. The average Bonchev–Trinajstić information content (AvgIpc) is 3.40. The number of nitrogens with one attached hydrogen (secondary N) is 1. The first kappa shape index (κ1) is 27.3. The van der Waals surface area contributed by atoms with E-state index in [2.05, 4.69) is 46.9 Å². The molecular weight excluding hydrogens is 474 g/mol. The van der Waals surface area contributed by atoms with E-state index in [4.69, 9.17) is 0 Å². The van der Waals surface area contributed by atoms with Crippen molar-refractivity contribution < 1.29 is 4.79 Å². The Hall–Kier alpha value is -3.71. The van der Waals surface area contributed by atoms with Crippen molar-refractivity contribution in [2.45, 2.75) is 32.1 Å². The molecule has 1 aromatic carbocycles. The lowest BCUT2D eigenvalue weighted by Gasteiger charge is -2.32. The van der Waals surface area contributed by atoms with Gasteiger partial charge in [0.2, 0.25) is 0 Å². The van der Waals surface area contributed by atoms with Gasteiger partial charge in [-0.05, 0) is 80.6 Å². The maximum atomic E-state index is 13.2. The fraction of sp³-hybridized carbons (Fsp3) is 0.387. The van der Waals surface area contributed by atoms with Gasteiger partial charge in [-0.15, -0.1) is 0 Å². The number of benzene rings is 1. The molecule has 1 saturated heterocycles. The third-order valence-corrected chi connectivity index (χ3v) is 7.37. The smallest absolute Gasteiger partial charge is 0.260 e. The molecule has 1 amide bonds. The molecule has 2 aliphatic heterocycles. The Morgan fingerprint density at radius 1 is 1.18 bits per heavy atom. The first-order valence-electron chi connectivity index (χ1n) is 13.3. The van der Waals surface area contributed by atoms with Gasteiger partial charge in [-0.3, -0.25) is 24.0 Å². The van der Waals surface area contributed by atoms with E-state index in [1.165, 1.54) is 11.1 Å². The third kappa shape index (κ3) is 6.22. The molecule has 2 aromatic rings. The highest BCUT2D eigenvalue weighted by molar-refractivity contribution is 5.93. The molecule has 7 heteroatoms. The molecule has 0 radical (unpaired) electrons. The highest BCUT2D eigenvalue weighted by Gasteiger charge is 2.22. The fourth-order valence-corrected chi connectivity index (χ4v) is 5.33. The summed E-state index contributed by atoms with van der Waals surface area (Å²) in [6, 6.07) is 10.1. The molecule has 7 nitrogen and oxygen atoms in total. The minimum absolute atomic E-state index is 0.00311. The number of nitrogens with zero attached hydrogens (tertiary/aromatic N) is 4. The molecule has 200 valence electrons. The highest BCUT2D eigenvalue weighted by Crippen LogP contribution is 2.29. The summed E-state index contributed by atoms with van der Waals surface area (Å²) in [6.07, 6.45) is 10.4. The summed E-state index contributed by atoms with van der Waals surface area (Å²) >= 11 is 0. The van der Waals surface area contributed by atoms with Crippen LogP contribution in [0.2, 0.25) is 0 Å². The quantitative estimate of drug-likeness (QED) is 0.419. The Morgan fingerprint density at radius 2 is 1.89 bits per heavy atom. The maximum absolute atomic E-state index is 13.2. The molecule has 0 unspecified atom stereocenters. The number of pyridine rings is 1. The summed E-state index contributed by atoms with van der Waals surface area (Å²) in [5.74, 6) is 0.548. The topological polar surface area (TPSA) is 69.9 Å². The van der Waals surface area contributed by atoms with Crippen molar-refractivity contribution >= 4 is 23.5 Å². The van der Waals surface area contributed by atoms with Gasteiger partial charge >= 0.3 is 0 Å². The molecule has 0 atom stereocenters. The van der Waals surface area contributed by atoms with Crippen LogP contribution in [0.15, 0.2) is 76.2 Å². The van der Waals surface area contributed by atoms with Gasteiger partial charge in [0.05, 0.1) is 5.70 Å². The number of anilines is 1. The minimum Gasteiger partial charge on any atom is -0.384 e. The molecule has 1 N–H and O–H groups in total. The average molecular weight is 514 g/mol. The number of fused-ring (bicyclic) bond motifs is 1. The fourth-order valence-electron chi connectivity index (χ4n) is 5.33. The summed E-state index contributed by atoms with van der Waals surface area (Å²) in [6.45, 7) is 10.1. The van der Waals surface area contributed by atoms with E-state index in [0.717, 1.165) is 73.5 Å². The van der Waals surface area contributed by atoms with Crippen LogP contribution in [0.1, 0.15) is 47.2 Å². The summed E-state index contributed by atoms with van der Waals surface area (Å²) < 4.78 is 1.68. The summed E-state index contributed by atoms with van der Waals surface area (Å²) in [5, 5.41) is 3.27. The second-order valence-electron chi connectivity index (χ2n) is 10.4. The second-order valence-corrected chi connectivity index (χ2v) is 10.4. The van der Waals surface area contributed by atoms with Gasteiger partial charge in [0.15, 0.2) is 0 Å². The van der Waals surface area contributed by atoms with E-state index < -0.39 is 0 Å². The SMILES string of the molecule is C=C(/C=C(\C)CN1CCC(c2ccc(C(=O)N(C)C)cc2)CC1)/C(=C\C=NC)n1ccc2c(c1=O)CCN2. The van der Waals surface area contributed by atoms with E-state index in [0.29, 0.717) is 5.92 Å². The first-order chi connectivity index (χ1) is 18.3. The zero-order valence-corrected chi connectivity index (χ0v) is 23.0. The van der Waals surface area contributed by atoms with Gasteiger partial charge in [-0.2, -0.15) is 0 Å². The van der Waals surface area contributed by atoms with Crippen molar-refractivity contribution in [3.8, 4) is 0 Å². The standard InChI is InChI=1S/C31H39N5O2/c1-22(20-23(2)29(11-15-32-3)36-19-14-28-27(31(36)38)10-16-33-28)21-35-17-12-25(13-18-35)24-6-8-26(9-7-24)30(37)34(4)5/h6-9,11,14-15,19-20,25,33H,2,10,12-13,16-18,21H2,1,3-5H3/b22-20+,29-11+,32-15?. The lowest BCUT2D eigenvalue weighted by Crippen LogP contribution is -2.34. The van der Waals surface area contributed by atoms with Gasteiger partial charge < -0.3 is 10.2 Å². The van der Waals surface area contributed by atoms with Crippen LogP contribution in [-0.4, -0.2) is 73.8 Å². The Balaban J connectivity index is 1.39. The van der Waals surface area contributed by atoms with Crippen LogP contribution in [0.4, 0.5) is 5.69 Å². The van der Waals surface area contributed by atoms with E-state index in [1.54, 1.807) is 36.8 Å². The molecule has 0 saturated carbocycles. The van der Waals surface area contributed by atoms with Crippen LogP contribution in [0.3, 0.4) is 0 Å². The van der Waals surface area contributed by atoms with Gasteiger partial charge in [0, 0.05) is 63.5 Å². The van der Waals surface area contributed by atoms with E-state index >= 15 is 0 Å². The normalized spacial score (nSPS) is 16.9. The Bertz CT molecular complexity index is 1320. The monoisotopic (exact) mass is 513 g/mol. The second kappa shape index (κ2) is 12.2. The molecule has 0 bridgehead atoms. The van der Waals surface area contributed by atoms with Crippen LogP contribution in [-0.2, 0) is 6.42 Å². The van der Waals surface area contributed by atoms with Crippen molar-refractivity contribution in [3.63, 3.8) is 0 Å². The zero-order chi connectivity index (χ0) is 27.2. The van der Waals surface area contributed by atoms with Gasteiger partial charge in [-0.1, -0.05) is 30.4 Å². The molecule has 1 aromatic heterocycles. The van der Waals surface area contributed by atoms with Gasteiger partial charge in [0.25, 0.3) is 11.5 Å². The number of piperidine rings is 1. The van der Waals surface area contributed by atoms with Crippen LogP contribution in [0.25, 0.3) is 5.70 Å². The van der Waals surface area contributed by atoms with Crippen LogP contribution >= 0.6 is 0 Å².